The Morgan fingerprint density at radius 3 is 2.26 bits per heavy atom. The van der Waals surface area contributed by atoms with Crippen molar-refractivity contribution in [2.45, 2.75) is 113 Å². The first-order chi connectivity index (χ1) is 19.0. The molecule has 7 atom stereocenters. The summed E-state index contributed by atoms with van der Waals surface area (Å²) in [4.78, 5) is 35.5. The molecule has 1 unspecified atom stereocenters. The number of carboxylic acids is 1. The third-order valence-corrected chi connectivity index (χ3v) is 10.8. The molecule has 8 nitrogen and oxygen atoms in total. The zero-order chi connectivity index (χ0) is 26.7. The molecular formula is C31H42N4O4. The number of hydrogen-bond donors (Lipinski definition) is 1. The van der Waals surface area contributed by atoms with Gasteiger partial charge in [0.05, 0.1) is 11.0 Å². The lowest BCUT2D eigenvalue weighted by molar-refractivity contribution is -0.145. The highest BCUT2D eigenvalue weighted by Crippen LogP contribution is 2.47. The lowest BCUT2D eigenvalue weighted by atomic mass is 9.73. The number of ether oxygens (including phenoxy) is 1. The summed E-state index contributed by atoms with van der Waals surface area (Å²) in [5.41, 5.74) is 1.46. The third-order valence-electron chi connectivity index (χ3n) is 10.8. The molecule has 4 bridgehead atoms. The minimum atomic E-state index is -0.982. The predicted octanol–water partition coefficient (Wildman–Crippen LogP) is 4.60. The number of aromatic nitrogens is 2. The van der Waals surface area contributed by atoms with E-state index in [0.717, 1.165) is 35.7 Å². The largest absolute Gasteiger partial charge is 0.480 e. The van der Waals surface area contributed by atoms with Crippen molar-refractivity contribution in [2.75, 3.05) is 18.6 Å². The van der Waals surface area contributed by atoms with E-state index in [4.69, 9.17) is 9.72 Å². The monoisotopic (exact) mass is 534 g/mol. The van der Waals surface area contributed by atoms with Crippen LogP contribution >= 0.6 is 0 Å². The zero-order valence-electron chi connectivity index (χ0n) is 23.1. The summed E-state index contributed by atoms with van der Waals surface area (Å²) in [6.45, 7) is 0.363. The average molecular weight is 535 g/mol. The van der Waals surface area contributed by atoms with Crippen LogP contribution in [-0.2, 0) is 9.53 Å². The Morgan fingerprint density at radius 2 is 1.59 bits per heavy atom. The van der Waals surface area contributed by atoms with E-state index in [1.54, 1.807) is 4.90 Å². The van der Waals surface area contributed by atoms with Gasteiger partial charge in [-0.2, -0.15) is 0 Å². The lowest BCUT2D eigenvalue weighted by Crippen LogP contribution is -2.66. The summed E-state index contributed by atoms with van der Waals surface area (Å²) < 4.78 is 7.36. The van der Waals surface area contributed by atoms with Crippen LogP contribution in [0.15, 0.2) is 29.1 Å². The van der Waals surface area contributed by atoms with E-state index in [1.807, 2.05) is 28.8 Å². The average Bonchev–Trinajstić information content (AvgIpc) is 3.06. The van der Waals surface area contributed by atoms with Gasteiger partial charge < -0.3 is 19.3 Å². The van der Waals surface area contributed by atoms with E-state index >= 15 is 0 Å². The number of anilines is 1. The van der Waals surface area contributed by atoms with Crippen molar-refractivity contribution in [3.05, 3.63) is 34.6 Å². The van der Waals surface area contributed by atoms with E-state index in [-0.39, 0.29) is 17.4 Å². The molecule has 4 heterocycles. The summed E-state index contributed by atoms with van der Waals surface area (Å²) in [6, 6.07) is 8.81. The van der Waals surface area contributed by atoms with Crippen molar-refractivity contribution in [3.63, 3.8) is 0 Å². The number of nitrogens with zero attached hydrogens (tertiary/aromatic N) is 4. The summed E-state index contributed by atoms with van der Waals surface area (Å²) in [5.74, 6) is 1.07. The van der Waals surface area contributed by atoms with Gasteiger partial charge >= 0.3 is 5.97 Å². The van der Waals surface area contributed by atoms with Gasteiger partial charge in [0.2, 0.25) is 0 Å². The van der Waals surface area contributed by atoms with Crippen LogP contribution in [0.2, 0.25) is 0 Å². The molecule has 3 saturated heterocycles. The van der Waals surface area contributed by atoms with Gasteiger partial charge in [-0.05, 0) is 68.9 Å². The molecule has 1 aromatic carbocycles. The number of piperidine rings is 2. The molecule has 2 saturated carbocycles. The number of hydrogen-bond acceptors (Lipinski definition) is 6. The highest BCUT2D eigenvalue weighted by atomic mass is 16.5. The van der Waals surface area contributed by atoms with Gasteiger partial charge in [-0.1, -0.05) is 44.2 Å². The zero-order valence-corrected chi connectivity index (χ0v) is 23.1. The second kappa shape index (κ2) is 10.2. The molecular weight excluding hydrogens is 492 g/mol. The summed E-state index contributed by atoms with van der Waals surface area (Å²) in [5, 5.41) is 9.86. The molecule has 1 aromatic heterocycles. The van der Waals surface area contributed by atoms with E-state index in [1.165, 1.54) is 71.3 Å². The number of carbonyl (C=O) groups is 1. The van der Waals surface area contributed by atoms with Gasteiger partial charge in [0.15, 0.2) is 11.9 Å². The first-order valence-corrected chi connectivity index (χ1v) is 15.3. The van der Waals surface area contributed by atoms with Crippen LogP contribution in [0.25, 0.3) is 11.0 Å². The molecule has 5 fully saturated rings. The van der Waals surface area contributed by atoms with E-state index < -0.39 is 18.1 Å². The molecule has 2 aromatic rings. The van der Waals surface area contributed by atoms with Gasteiger partial charge in [-0.15, -0.1) is 0 Å². The molecule has 7 rings (SSSR count). The maximum absolute atomic E-state index is 14.2. The van der Waals surface area contributed by atoms with Crippen LogP contribution in [0.4, 0.5) is 5.82 Å². The number of fused-ring (bicyclic) bond motifs is 5. The second-order valence-electron chi connectivity index (χ2n) is 13.0. The molecule has 5 aliphatic rings. The van der Waals surface area contributed by atoms with Crippen molar-refractivity contribution < 1.29 is 14.6 Å². The van der Waals surface area contributed by atoms with Gasteiger partial charge in [0.25, 0.3) is 5.56 Å². The fraction of sp³-hybridized carbons (Fsp3) is 0.710. The van der Waals surface area contributed by atoms with E-state index in [9.17, 15) is 14.7 Å². The van der Waals surface area contributed by atoms with E-state index in [2.05, 4.69) is 4.90 Å². The Kier molecular flexibility index (Phi) is 6.66. The number of methoxy groups -OCH3 is 1. The summed E-state index contributed by atoms with van der Waals surface area (Å²) in [6.07, 6.45) is 15.1. The quantitative estimate of drug-likeness (QED) is 0.600. The topological polar surface area (TPSA) is 87.9 Å². The lowest BCUT2D eigenvalue weighted by Gasteiger charge is -2.54. The number of carboxylic acid groups (broad SMARTS) is 1. The van der Waals surface area contributed by atoms with Crippen LogP contribution in [-0.4, -0.2) is 69.5 Å². The van der Waals surface area contributed by atoms with Crippen LogP contribution in [0, 0.1) is 11.8 Å². The Bertz CT molecular complexity index is 1270. The number of benzene rings is 1. The Labute approximate surface area is 230 Å². The summed E-state index contributed by atoms with van der Waals surface area (Å²) in [7, 11) is 1.53. The van der Waals surface area contributed by atoms with Gasteiger partial charge in [-0.3, -0.25) is 9.69 Å². The van der Waals surface area contributed by atoms with E-state index in [0.29, 0.717) is 24.7 Å². The normalized spacial score (nSPS) is 36.8. The molecule has 2 aliphatic carbocycles. The third kappa shape index (κ3) is 4.38. The van der Waals surface area contributed by atoms with Crippen molar-refractivity contribution in [1.82, 2.24) is 14.5 Å². The SMILES string of the molecule is CO[C@H]1CN(c2nc3ccccc3n(C3C[C@H]4CCC[C@H](C3)N4[C@@H]3CC4CCCC[C@@H](C4)C3)c2=O)[C@@H]1C(=O)O. The molecule has 8 heteroatoms. The summed E-state index contributed by atoms with van der Waals surface area (Å²) >= 11 is 0. The number of para-hydroxylation sites is 2. The smallest absolute Gasteiger partial charge is 0.329 e. The maximum Gasteiger partial charge on any atom is 0.329 e. The first-order valence-electron chi connectivity index (χ1n) is 15.3. The number of rotatable bonds is 5. The van der Waals surface area contributed by atoms with Crippen LogP contribution < -0.4 is 10.5 Å². The van der Waals surface area contributed by atoms with Crippen molar-refractivity contribution in [2.24, 2.45) is 11.8 Å². The molecule has 0 spiro atoms. The predicted molar refractivity (Wildman–Crippen MR) is 150 cm³/mol. The van der Waals surface area contributed by atoms with Crippen molar-refractivity contribution in [1.29, 1.82) is 0 Å². The molecule has 3 aliphatic heterocycles. The van der Waals surface area contributed by atoms with Gasteiger partial charge in [0.1, 0.15) is 6.10 Å². The Hall–Kier alpha value is -2.45. The van der Waals surface area contributed by atoms with Crippen LogP contribution in [0.3, 0.4) is 0 Å². The molecule has 210 valence electrons. The standard InChI is InChI=1S/C31H42N4O4/c1-39-27-18-33(28(27)31(37)38)29-30(36)35(26-12-5-4-11-25(26)32-29)24-16-21-9-6-10-22(17-24)34(21)23-14-19-7-2-3-8-20(13-19)15-23/h4-5,11-12,19-24,27-28H,2-3,6-10,13-18H2,1H3,(H,37,38)/t19-,20?,21+,22+,23-,27-,28-/m0/s1. The minimum absolute atomic E-state index is 0.101. The highest BCUT2D eigenvalue weighted by Gasteiger charge is 2.48. The van der Waals surface area contributed by atoms with Crippen LogP contribution in [0.1, 0.15) is 83.1 Å². The number of aliphatic carboxylic acids is 1. The molecule has 39 heavy (non-hydrogen) atoms. The van der Waals surface area contributed by atoms with Crippen molar-refractivity contribution >= 4 is 22.8 Å². The second-order valence-corrected chi connectivity index (χ2v) is 13.0. The fourth-order valence-corrected chi connectivity index (χ4v) is 9.18. The maximum atomic E-state index is 14.2. The van der Waals surface area contributed by atoms with Gasteiger partial charge in [-0.25, -0.2) is 9.78 Å². The minimum Gasteiger partial charge on any atom is -0.480 e. The Balaban J connectivity index is 1.22. The highest BCUT2D eigenvalue weighted by molar-refractivity contribution is 5.83. The van der Waals surface area contributed by atoms with Gasteiger partial charge in [0, 0.05) is 37.8 Å². The fourth-order valence-electron chi connectivity index (χ4n) is 9.18. The molecule has 0 radical (unpaired) electrons. The van der Waals surface area contributed by atoms with Crippen LogP contribution in [0.5, 0.6) is 0 Å². The first kappa shape index (κ1) is 25.5. The molecule has 0 amide bonds. The molecule has 1 N–H and O–H groups in total. The Morgan fingerprint density at radius 1 is 0.897 bits per heavy atom. The van der Waals surface area contributed by atoms with Crippen molar-refractivity contribution in [3.8, 4) is 0 Å².